The fraction of sp³-hybridized carbons (Fsp3) is 0.632. The zero-order valence-electron chi connectivity index (χ0n) is 16.8. The molecular formula is C19H31FIN3O2S. The lowest BCUT2D eigenvalue weighted by Crippen LogP contribution is -2.57. The lowest BCUT2D eigenvalue weighted by Gasteiger charge is -2.39. The summed E-state index contributed by atoms with van der Waals surface area (Å²) in [5.74, 6) is 0.559. The Morgan fingerprint density at radius 1 is 1.33 bits per heavy atom. The van der Waals surface area contributed by atoms with Crippen molar-refractivity contribution in [2.24, 2.45) is 4.99 Å². The van der Waals surface area contributed by atoms with Crippen molar-refractivity contribution in [3.63, 3.8) is 0 Å². The molecule has 1 aromatic carbocycles. The summed E-state index contributed by atoms with van der Waals surface area (Å²) in [5.41, 5.74) is 0.157. The van der Waals surface area contributed by atoms with E-state index in [1.54, 1.807) is 26.0 Å². The first-order valence-corrected chi connectivity index (χ1v) is 10.7. The number of sulfone groups is 1. The molecule has 0 aromatic heterocycles. The number of rotatable bonds is 4. The molecule has 0 radical (unpaired) electrons. The largest absolute Gasteiger partial charge is 0.357 e. The number of benzene rings is 1. The molecule has 0 atom stereocenters. The lowest BCUT2D eigenvalue weighted by atomic mass is 9.84. The molecule has 1 heterocycles. The number of guanidine groups is 1. The Kier molecular flexibility index (Phi) is 8.11. The first-order valence-electron chi connectivity index (χ1n) is 9.01. The Balaban J connectivity index is 0.00000364. The average Bonchev–Trinajstić information content (AvgIpc) is 2.54. The van der Waals surface area contributed by atoms with E-state index in [4.69, 9.17) is 4.99 Å². The molecule has 0 bridgehead atoms. The predicted molar refractivity (Wildman–Crippen MR) is 120 cm³/mol. The molecule has 5 nitrogen and oxygen atoms in total. The maximum absolute atomic E-state index is 14.2. The van der Waals surface area contributed by atoms with Crippen molar-refractivity contribution in [1.82, 2.24) is 10.2 Å². The van der Waals surface area contributed by atoms with Crippen molar-refractivity contribution in [3.05, 3.63) is 35.6 Å². The summed E-state index contributed by atoms with van der Waals surface area (Å²) in [6, 6.07) is 6.75. The van der Waals surface area contributed by atoms with Gasteiger partial charge in [-0.15, -0.1) is 24.0 Å². The van der Waals surface area contributed by atoms with Crippen LogP contribution in [-0.4, -0.2) is 56.0 Å². The van der Waals surface area contributed by atoms with E-state index >= 15 is 0 Å². The normalized spacial score (nSPS) is 19.3. The minimum absolute atomic E-state index is 0. The number of halogens is 2. The number of hydrogen-bond acceptors (Lipinski definition) is 3. The smallest absolute Gasteiger partial charge is 0.194 e. The first kappa shape index (κ1) is 24.1. The molecule has 1 N–H and O–H groups in total. The van der Waals surface area contributed by atoms with Crippen LogP contribution in [0.4, 0.5) is 4.39 Å². The van der Waals surface area contributed by atoms with Crippen LogP contribution in [0.15, 0.2) is 29.3 Å². The van der Waals surface area contributed by atoms with Gasteiger partial charge in [-0.2, -0.15) is 0 Å². The summed E-state index contributed by atoms with van der Waals surface area (Å²) in [4.78, 5) is 6.70. The highest BCUT2D eigenvalue weighted by Gasteiger charge is 2.41. The molecule has 0 amide bonds. The molecule has 27 heavy (non-hydrogen) atoms. The van der Waals surface area contributed by atoms with Gasteiger partial charge < -0.3 is 10.2 Å². The minimum atomic E-state index is -3.11. The third kappa shape index (κ3) is 5.56. The number of aliphatic imine (C=N–C) groups is 1. The zero-order chi connectivity index (χ0) is 19.6. The molecule has 0 spiro atoms. The predicted octanol–water partition coefficient (Wildman–Crippen LogP) is 3.20. The van der Waals surface area contributed by atoms with Crippen LogP contribution in [-0.2, 0) is 15.3 Å². The van der Waals surface area contributed by atoms with E-state index in [0.29, 0.717) is 37.7 Å². The van der Waals surface area contributed by atoms with Crippen molar-refractivity contribution >= 4 is 39.8 Å². The molecule has 2 rings (SSSR count). The van der Waals surface area contributed by atoms with Crippen LogP contribution in [0.1, 0.15) is 40.2 Å². The van der Waals surface area contributed by atoms with Crippen molar-refractivity contribution in [1.29, 1.82) is 0 Å². The van der Waals surface area contributed by atoms with Crippen LogP contribution < -0.4 is 5.32 Å². The van der Waals surface area contributed by atoms with E-state index in [1.165, 1.54) is 6.07 Å². The molecule has 1 fully saturated rings. The van der Waals surface area contributed by atoms with Gasteiger partial charge in [0, 0.05) is 25.0 Å². The van der Waals surface area contributed by atoms with Gasteiger partial charge in [-0.05, 0) is 32.4 Å². The SMILES string of the molecule is CCNC(=NCC(C)(C)c1ccccc1F)N1CCS(=O)(=O)C(C)(C)C1.I. The maximum Gasteiger partial charge on any atom is 0.194 e. The van der Waals surface area contributed by atoms with Gasteiger partial charge in [0.2, 0.25) is 0 Å². The van der Waals surface area contributed by atoms with Crippen molar-refractivity contribution in [2.75, 3.05) is 31.9 Å². The summed E-state index contributed by atoms with van der Waals surface area (Å²) in [6.07, 6.45) is 0. The van der Waals surface area contributed by atoms with Gasteiger partial charge in [-0.25, -0.2) is 12.8 Å². The van der Waals surface area contributed by atoms with Crippen LogP contribution in [0.25, 0.3) is 0 Å². The van der Waals surface area contributed by atoms with Gasteiger partial charge in [-0.1, -0.05) is 32.0 Å². The van der Waals surface area contributed by atoms with E-state index < -0.39 is 20.0 Å². The van der Waals surface area contributed by atoms with Gasteiger partial charge in [0.1, 0.15) is 5.82 Å². The minimum Gasteiger partial charge on any atom is -0.357 e. The quantitative estimate of drug-likeness (QED) is 0.383. The van der Waals surface area contributed by atoms with E-state index in [2.05, 4.69) is 5.32 Å². The monoisotopic (exact) mass is 511 g/mol. The van der Waals surface area contributed by atoms with Crippen LogP contribution in [0, 0.1) is 5.82 Å². The number of hydrogen-bond donors (Lipinski definition) is 1. The molecular weight excluding hydrogens is 480 g/mol. The van der Waals surface area contributed by atoms with Crippen molar-refractivity contribution in [3.8, 4) is 0 Å². The molecule has 1 saturated heterocycles. The van der Waals surface area contributed by atoms with E-state index in [0.717, 1.165) is 0 Å². The molecule has 1 aliphatic rings. The second kappa shape index (κ2) is 9.07. The van der Waals surface area contributed by atoms with Crippen LogP contribution in [0.5, 0.6) is 0 Å². The Morgan fingerprint density at radius 3 is 2.52 bits per heavy atom. The van der Waals surface area contributed by atoms with Crippen LogP contribution in [0.3, 0.4) is 0 Å². The van der Waals surface area contributed by atoms with Gasteiger partial charge in [0.05, 0.1) is 17.0 Å². The molecule has 1 aromatic rings. The molecule has 154 valence electrons. The second-order valence-corrected chi connectivity index (χ2v) is 10.8. The van der Waals surface area contributed by atoms with Crippen molar-refractivity contribution < 1.29 is 12.8 Å². The highest BCUT2D eigenvalue weighted by Crippen LogP contribution is 2.27. The Labute approximate surface area is 179 Å². The third-order valence-electron chi connectivity index (χ3n) is 4.91. The fourth-order valence-electron chi connectivity index (χ4n) is 3.12. The highest BCUT2D eigenvalue weighted by molar-refractivity contribution is 14.0. The van der Waals surface area contributed by atoms with E-state index in [9.17, 15) is 12.8 Å². The standard InChI is InChI=1S/C19H30FN3O2S.HI/c1-6-21-17(23-11-12-26(24,25)19(4,5)14-23)22-13-18(2,3)15-9-7-8-10-16(15)20;/h7-10H,6,11-14H2,1-5H3,(H,21,22);1H. The fourth-order valence-corrected chi connectivity index (χ4v) is 4.48. The topological polar surface area (TPSA) is 61.8 Å². The van der Waals surface area contributed by atoms with E-state index in [1.807, 2.05) is 31.7 Å². The molecule has 0 aliphatic carbocycles. The Hall–Kier alpha value is -0.900. The summed E-state index contributed by atoms with van der Waals surface area (Å²) in [5, 5.41) is 3.24. The second-order valence-electron chi connectivity index (χ2n) is 8.03. The third-order valence-corrected chi connectivity index (χ3v) is 7.44. The molecule has 0 unspecified atom stereocenters. The summed E-state index contributed by atoms with van der Waals surface area (Å²) >= 11 is 0. The highest BCUT2D eigenvalue weighted by atomic mass is 127. The van der Waals surface area contributed by atoms with E-state index in [-0.39, 0.29) is 35.5 Å². The summed E-state index contributed by atoms with van der Waals surface area (Å²) in [7, 11) is -3.11. The summed E-state index contributed by atoms with van der Waals surface area (Å²) in [6.45, 7) is 11.3. The van der Waals surface area contributed by atoms with Gasteiger partial charge in [0.25, 0.3) is 0 Å². The lowest BCUT2D eigenvalue weighted by molar-refractivity contribution is 0.351. The molecule has 1 aliphatic heterocycles. The van der Waals surface area contributed by atoms with Gasteiger partial charge in [0.15, 0.2) is 15.8 Å². The number of nitrogens with zero attached hydrogens (tertiary/aromatic N) is 2. The molecule has 8 heteroatoms. The van der Waals surface area contributed by atoms with Crippen molar-refractivity contribution in [2.45, 2.75) is 44.8 Å². The molecule has 0 saturated carbocycles. The number of nitrogens with one attached hydrogen (secondary N) is 1. The Morgan fingerprint density at radius 2 is 1.96 bits per heavy atom. The van der Waals surface area contributed by atoms with Gasteiger partial charge in [-0.3, -0.25) is 4.99 Å². The maximum atomic E-state index is 14.2. The Bertz CT molecular complexity index is 779. The summed E-state index contributed by atoms with van der Waals surface area (Å²) < 4.78 is 37.8. The van der Waals surface area contributed by atoms with Gasteiger partial charge >= 0.3 is 0 Å². The first-order chi connectivity index (χ1) is 12.0. The van der Waals surface area contributed by atoms with Crippen LogP contribution in [0.2, 0.25) is 0 Å². The van der Waals surface area contributed by atoms with Crippen LogP contribution >= 0.6 is 24.0 Å². The zero-order valence-corrected chi connectivity index (χ0v) is 19.9. The average molecular weight is 511 g/mol.